The van der Waals surface area contributed by atoms with Crippen LogP contribution in [0.5, 0.6) is 5.75 Å². The number of hydrogen-bond donors (Lipinski definition) is 2. The number of hydrazone groups is 1. The summed E-state index contributed by atoms with van der Waals surface area (Å²) in [6.45, 7) is 0. The summed E-state index contributed by atoms with van der Waals surface area (Å²) < 4.78 is 5.15. The Morgan fingerprint density at radius 1 is 1.08 bits per heavy atom. The fraction of sp³-hybridized carbons (Fsp3) is 0.167. The average molecular weight is 394 g/mol. The average Bonchev–Trinajstić information content (AvgIpc) is 2.64. The first-order chi connectivity index (χ1) is 12.5. The highest BCUT2D eigenvalue weighted by Crippen LogP contribution is 2.24. The Balaban J connectivity index is 1.80. The van der Waals surface area contributed by atoms with Gasteiger partial charge in [-0.3, -0.25) is 9.59 Å². The molecule has 2 rings (SSSR count). The van der Waals surface area contributed by atoms with Gasteiger partial charge in [0.05, 0.1) is 29.1 Å². The minimum absolute atomic E-state index is 0.0112. The second kappa shape index (κ2) is 9.79. The summed E-state index contributed by atoms with van der Waals surface area (Å²) in [6.07, 6.45) is 1.39. The van der Waals surface area contributed by atoms with Gasteiger partial charge >= 0.3 is 0 Å². The van der Waals surface area contributed by atoms with E-state index in [2.05, 4.69) is 15.8 Å². The van der Waals surface area contributed by atoms with Gasteiger partial charge in [-0.15, -0.1) is 0 Å². The molecular weight excluding hydrogens is 377 g/mol. The van der Waals surface area contributed by atoms with Crippen LogP contribution in [0.4, 0.5) is 5.69 Å². The second-order valence-electron chi connectivity index (χ2n) is 5.18. The van der Waals surface area contributed by atoms with Crippen LogP contribution in [0.1, 0.15) is 18.4 Å². The van der Waals surface area contributed by atoms with Crippen LogP contribution in [0.2, 0.25) is 10.0 Å². The smallest absolute Gasteiger partial charge is 0.240 e. The van der Waals surface area contributed by atoms with E-state index >= 15 is 0 Å². The number of hydrogen-bond acceptors (Lipinski definition) is 4. The zero-order chi connectivity index (χ0) is 18.9. The first-order valence-electron chi connectivity index (χ1n) is 7.70. The van der Waals surface area contributed by atoms with Gasteiger partial charge in [0, 0.05) is 18.4 Å². The first-order valence-corrected chi connectivity index (χ1v) is 8.45. The Kier molecular flexibility index (Phi) is 7.44. The van der Waals surface area contributed by atoms with Gasteiger partial charge in [-0.25, -0.2) is 5.43 Å². The van der Waals surface area contributed by atoms with Gasteiger partial charge < -0.3 is 10.1 Å². The maximum atomic E-state index is 11.9. The van der Waals surface area contributed by atoms with Crippen molar-refractivity contribution >= 4 is 46.9 Å². The van der Waals surface area contributed by atoms with Gasteiger partial charge in [-0.05, 0) is 18.2 Å². The van der Waals surface area contributed by atoms with Crippen molar-refractivity contribution < 1.29 is 14.3 Å². The molecule has 0 aliphatic rings. The van der Waals surface area contributed by atoms with Crippen LogP contribution >= 0.6 is 23.2 Å². The molecule has 0 spiro atoms. The Hall–Kier alpha value is -2.57. The molecule has 2 aromatic carbocycles. The number of carbonyl (C=O) groups is 2. The van der Waals surface area contributed by atoms with Crippen molar-refractivity contribution in [3.05, 3.63) is 58.1 Å². The first kappa shape index (κ1) is 19.8. The molecule has 136 valence electrons. The summed E-state index contributed by atoms with van der Waals surface area (Å²) in [5.74, 6) is -0.144. The van der Waals surface area contributed by atoms with Gasteiger partial charge in [-0.1, -0.05) is 47.5 Å². The molecular formula is C18H17Cl2N3O3. The monoisotopic (exact) mass is 393 g/mol. The number of ether oxygens (including phenoxy) is 1. The van der Waals surface area contributed by atoms with Gasteiger partial charge in [0.2, 0.25) is 11.8 Å². The van der Waals surface area contributed by atoms with E-state index in [4.69, 9.17) is 27.9 Å². The van der Waals surface area contributed by atoms with E-state index in [1.165, 1.54) is 13.3 Å². The Morgan fingerprint density at radius 3 is 2.58 bits per heavy atom. The molecule has 0 unspecified atom stereocenters. The minimum Gasteiger partial charge on any atom is -0.495 e. The quantitative estimate of drug-likeness (QED) is 0.553. The van der Waals surface area contributed by atoms with Crippen molar-refractivity contribution in [2.45, 2.75) is 12.8 Å². The van der Waals surface area contributed by atoms with Crippen LogP contribution in [0.15, 0.2) is 47.6 Å². The number of carbonyl (C=O) groups excluding carboxylic acids is 2. The molecule has 2 N–H and O–H groups in total. The molecule has 0 fully saturated rings. The largest absolute Gasteiger partial charge is 0.495 e. The summed E-state index contributed by atoms with van der Waals surface area (Å²) >= 11 is 11.9. The van der Waals surface area contributed by atoms with E-state index < -0.39 is 5.91 Å². The topological polar surface area (TPSA) is 79.8 Å². The molecule has 8 heteroatoms. The van der Waals surface area contributed by atoms with Gasteiger partial charge in [0.25, 0.3) is 0 Å². The number of anilines is 1. The van der Waals surface area contributed by atoms with Crippen molar-refractivity contribution in [3.8, 4) is 5.75 Å². The van der Waals surface area contributed by atoms with E-state index in [0.717, 1.165) is 0 Å². The highest BCUT2D eigenvalue weighted by atomic mass is 35.5. The number of nitrogens with one attached hydrogen (secondary N) is 2. The lowest BCUT2D eigenvalue weighted by Crippen LogP contribution is -2.20. The molecule has 0 saturated heterocycles. The molecule has 0 aliphatic carbocycles. The number of para-hydroxylation sites is 2. The van der Waals surface area contributed by atoms with Crippen molar-refractivity contribution in [2.24, 2.45) is 5.10 Å². The summed E-state index contributed by atoms with van der Waals surface area (Å²) in [6, 6.07) is 12.1. The van der Waals surface area contributed by atoms with Crippen molar-refractivity contribution in [3.63, 3.8) is 0 Å². The van der Waals surface area contributed by atoms with Gasteiger partial charge in [-0.2, -0.15) is 5.10 Å². The summed E-state index contributed by atoms with van der Waals surface area (Å²) in [7, 11) is 1.52. The predicted molar refractivity (Wildman–Crippen MR) is 103 cm³/mol. The van der Waals surface area contributed by atoms with Crippen LogP contribution in [-0.4, -0.2) is 25.1 Å². The summed E-state index contributed by atoms with van der Waals surface area (Å²) in [5.41, 5.74) is 3.47. The number of halogens is 2. The fourth-order valence-electron chi connectivity index (χ4n) is 2.04. The second-order valence-corrected chi connectivity index (χ2v) is 5.97. The lowest BCUT2D eigenvalue weighted by molar-refractivity contribution is -0.124. The third-order valence-corrected chi connectivity index (χ3v) is 4.17. The zero-order valence-electron chi connectivity index (χ0n) is 14.0. The van der Waals surface area contributed by atoms with Crippen molar-refractivity contribution in [1.82, 2.24) is 5.43 Å². The summed E-state index contributed by atoms with van der Waals surface area (Å²) in [5, 5.41) is 7.26. The maximum absolute atomic E-state index is 11.9. The van der Waals surface area contributed by atoms with E-state index in [1.807, 2.05) is 0 Å². The molecule has 6 nitrogen and oxygen atoms in total. The van der Waals surface area contributed by atoms with Crippen LogP contribution in [0.3, 0.4) is 0 Å². The molecule has 2 aromatic rings. The summed E-state index contributed by atoms with van der Waals surface area (Å²) in [4.78, 5) is 23.7. The number of amides is 2. The standard InChI is InChI=1S/C18H17Cl2N3O3/c1-26-15-8-3-2-7-14(15)22-16(24)9-10-17(25)23-21-11-12-5-4-6-13(19)18(12)20/h2-8,11H,9-10H2,1H3,(H,22,24)(H,23,25). The third kappa shape index (κ3) is 5.75. The fourth-order valence-corrected chi connectivity index (χ4v) is 2.39. The Labute approximate surface area is 161 Å². The molecule has 0 radical (unpaired) electrons. The Morgan fingerprint density at radius 2 is 1.81 bits per heavy atom. The van der Waals surface area contributed by atoms with Crippen molar-refractivity contribution in [2.75, 3.05) is 12.4 Å². The molecule has 0 aliphatic heterocycles. The van der Waals surface area contributed by atoms with E-state index in [1.54, 1.807) is 42.5 Å². The molecule has 26 heavy (non-hydrogen) atoms. The SMILES string of the molecule is COc1ccccc1NC(=O)CCC(=O)NN=Cc1cccc(Cl)c1Cl. The van der Waals surface area contributed by atoms with E-state index in [0.29, 0.717) is 27.0 Å². The number of methoxy groups -OCH3 is 1. The molecule has 0 aromatic heterocycles. The number of nitrogens with zero attached hydrogens (tertiary/aromatic N) is 1. The predicted octanol–water partition coefficient (Wildman–Crippen LogP) is 3.87. The van der Waals surface area contributed by atoms with Crippen LogP contribution < -0.4 is 15.5 Å². The van der Waals surface area contributed by atoms with Crippen LogP contribution in [0, 0.1) is 0 Å². The minimum atomic E-state index is -0.394. The van der Waals surface area contributed by atoms with Crippen molar-refractivity contribution in [1.29, 1.82) is 0 Å². The van der Waals surface area contributed by atoms with Crippen LogP contribution in [0.25, 0.3) is 0 Å². The third-order valence-electron chi connectivity index (χ3n) is 3.33. The van der Waals surface area contributed by atoms with E-state index in [-0.39, 0.29) is 18.7 Å². The number of rotatable bonds is 7. The molecule has 0 bridgehead atoms. The molecule has 0 atom stereocenters. The van der Waals surface area contributed by atoms with E-state index in [9.17, 15) is 9.59 Å². The molecule has 2 amide bonds. The molecule has 0 heterocycles. The normalized spacial score (nSPS) is 10.6. The lowest BCUT2D eigenvalue weighted by atomic mass is 10.2. The Bertz CT molecular complexity index is 825. The zero-order valence-corrected chi connectivity index (χ0v) is 15.5. The van der Waals surface area contributed by atoms with Gasteiger partial charge in [0.15, 0.2) is 0 Å². The molecule has 0 saturated carbocycles. The highest BCUT2D eigenvalue weighted by Gasteiger charge is 2.09. The highest BCUT2D eigenvalue weighted by molar-refractivity contribution is 6.43. The van der Waals surface area contributed by atoms with Crippen LogP contribution in [-0.2, 0) is 9.59 Å². The maximum Gasteiger partial charge on any atom is 0.240 e. The van der Waals surface area contributed by atoms with Gasteiger partial charge in [0.1, 0.15) is 5.75 Å². The lowest BCUT2D eigenvalue weighted by Gasteiger charge is -2.09. The number of benzene rings is 2.